The van der Waals surface area contributed by atoms with Crippen molar-refractivity contribution in [1.82, 2.24) is 15.0 Å². The molecular formula is C20H19N5O. The third kappa shape index (κ3) is 3.27. The number of rotatable bonds is 6. The largest absolute Gasteiger partial charge is 0.430 e. The second-order valence-corrected chi connectivity index (χ2v) is 5.87. The molecule has 2 heterocycles. The van der Waals surface area contributed by atoms with E-state index in [1.165, 1.54) is 0 Å². The highest BCUT2D eigenvalue weighted by Crippen LogP contribution is 2.29. The van der Waals surface area contributed by atoms with Crippen molar-refractivity contribution in [3.05, 3.63) is 60.7 Å². The van der Waals surface area contributed by atoms with Crippen molar-refractivity contribution in [1.29, 1.82) is 0 Å². The first-order valence-electron chi connectivity index (χ1n) is 8.58. The molecule has 3 N–H and O–H groups in total. The van der Waals surface area contributed by atoms with Gasteiger partial charge in [-0.2, -0.15) is 4.98 Å². The Hall–Kier alpha value is -3.25. The molecule has 0 saturated heterocycles. The number of nitrogens with two attached hydrogens (primary N) is 1. The molecule has 6 nitrogen and oxygen atoms in total. The predicted molar refractivity (Wildman–Crippen MR) is 103 cm³/mol. The zero-order valence-electron chi connectivity index (χ0n) is 14.2. The first kappa shape index (κ1) is 16.2. The van der Waals surface area contributed by atoms with E-state index in [1.54, 1.807) is 0 Å². The van der Waals surface area contributed by atoms with Gasteiger partial charge in [0, 0.05) is 17.7 Å². The van der Waals surface area contributed by atoms with E-state index in [2.05, 4.69) is 20.3 Å². The van der Waals surface area contributed by atoms with Gasteiger partial charge in [-0.1, -0.05) is 48.5 Å². The summed E-state index contributed by atoms with van der Waals surface area (Å²) in [5.41, 5.74) is 8.52. The predicted octanol–water partition coefficient (Wildman–Crippen LogP) is 3.71. The van der Waals surface area contributed by atoms with Gasteiger partial charge < -0.3 is 15.5 Å². The number of oxazole rings is 1. The zero-order chi connectivity index (χ0) is 17.8. The number of hydrogen-bond acceptors (Lipinski definition) is 6. The van der Waals surface area contributed by atoms with Gasteiger partial charge in [0.05, 0.1) is 0 Å². The molecule has 2 aromatic heterocycles. The molecule has 0 bridgehead atoms. The molecule has 0 aliphatic rings. The summed E-state index contributed by atoms with van der Waals surface area (Å²) >= 11 is 0. The average molecular weight is 345 g/mol. The normalized spacial score (nSPS) is 11.0. The second-order valence-electron chi connectivity index (χ2n) is 5.87. The van der Waals surface area contributed by atoms with Gasteiger partial charge in [0.2, 0.25) is 17.1 Å². The van der Waals surface area contributed by atoms with Gasteiger partial charge in [-0.25, -0.2) is 9.97 Å². The number of nitrogens with zero attached hydrogens (tertiary/aromatic N) is 3. The minimum atomic E-state index is 0.530. The van der Waals surface area contributed by atoms with Crippen LogP contribution in [-0.2, 0) is 0 Å². The van der Waals surface area contributed by atoms with Crippen LogP contribution < -0.4 is 11.1 Å². The van der Waals surface area contributed by atoms with E-state index in [1.807, 2.05) is 60.7 Å². The molecule has 2 aromatic carbocycles. The van der Waals surface area contributed by atoms with E-state index >= 15 is 0 Å². The Labute approximate surface area is 151 Å². The van der Waals surface area contributed by atoms with E-state index < -0.39 is 0 Å². The van der Waals surface area contributed by atoms with Gasteiger partial charge in [-0.15, -0.1) is 0 Å². The van der Waals surface area contributed by atoms with Crippen LogP contribution in [0.15, 0.2) is 65.1 Å². The Morgan fingerprint density at radius 3 is 2.23 bits per heavy atom. The molecule has 0 spiro atoms. The van der Waals surface area contributed by atoms with Gasteiger partial charge in [-0.05, 0) is 25.1 Å². The minimum Gasteiger partial charge on any atom is -0.430 e. The highest BCUT2D eigenvalue weighted by molar-refractivity contribution is 5.84. The summed E-state index contributed by atoms with van der Waals surface area (Å²) < 4.78 is 5.98. The van der Waals surface area contributed by atoms with Crippen LogP contribution in [-0.4, -0.2) is 28.0 Å². The van der Waals surface area contributed by atoms with Gasteiger partial charge in [0.25, 0.3) is 0 Å². The Morgan fingerprint density at radius 1 is 0.846 bits per heavy atom. The number of nitrogens with one attached hydrogen (secondary N) is 1. The Kier molecular flexibility index (Phi) is 4.57. The van der Waals surface area contributed by atoms with Crippen LogP contribution in [0.5, 0.6) is 0 Å². The first-order chi connectivity index (χ1) is 12.8. The van der Waals surface area contributed by atoms with E-state index in [0.717, 1.165) is 17.5 Å². The highest BCUT2D eigenvalue weighted by Gasteiger charge is 2.16. The van der Waals surface area contributed by atoms with E-state index in [-0.39, 0.29) is 0 Å². The van der Waals surface area contributed by atoms with Gasteiger partial charge >= 0.3 is 0 Å². The summed E-state index contributed by atoms with van der Waals surface area (Å²) in [6, 6.07) is 19.6. The summed E-state index contributed by atoms with van der Waals surface area (Å²) in [7, 11) is 0. The maximum absolute atomic E-state index is 5.98. The monoisotopic (exact) mass is 345 g/mol. The summed E-state index contributed by atoms with van der Waals surface area (Å²) in [6.07, 6.45) is 0.839. The number of fused-ring (bicyclic) bond motifs is 1. The van der Waals surface area contributed by atoms with E-state index in [4.69, 9.17) is 10.2 Å². The van der Waals surface area contributed by atoms with Crippen molar-refractivity contribution in [3.63, 3.8) is 0 Å². The molecule has 0 fully saturated rings. The number of hydrogen-bond donors (Lipinski definition) is 2. The lowest BCUT2D eigenvalue weighted by atomic mass is 10.2. The molecule has 0 saturated carbocycles. The molecule has 0 amide bonds. The molecule has 130 valence electrons. The van der Waals surface area contributed by atoms with Crippen molar-refractivity contribution < 1.29 is 4.42 Å². The molecule has 0 atom stereocenters. The topological polar surface area (TPSA) is 89.9 Å². The third-order valence-corrected chi connectivity index (χ3v) is 3.98. The van der Waals surface area contributed by atoms with Crippen molar-refractivity contribution in [3.8, 4) is 22.8 Å². The van der Waals surface area contributed by atoms with Crippen molar-refractivity contribution in [2.24, 2.45) is 5.73 Å². The van der Waals surface area contributed by atoms with Crippen molar-refractivity contribution in [2.75, 3.05) is 18.4 Å². The Balaban J connectivity index is 1.82. The van der Waals surface area contributed by atoms with Gasteiger partial charge in [0.15, 0.2) is 11.6 Å². The third-order valence-electron chi connectivity index (χ3n) is 3.98. The van der Waals surface area contributed by atoms with Gasteiger partial charge in [-0.3, -0.25) is 0 Å². The average Bonchev–Trinajstić information content (AvgIpc) is 3.14. The fourth-order valence-electron chi connectivity index (χ4n) is 2.67. The van der Waals surface area contributed by atoms with Crippen LogP contribution >= 0.6 is 0 Å². The fraction of sp³-hybridized carbons (Fsp3) is 0.150. The van der Waals surface area contributed by atoms with Crippen LogP contribution in [0.25, 0.3) is 34.1 Å². The molecular weight excluding hydrogens is 326 g/mol. The molecule has 6 heteroatoms. The van der Waals surface area contributed by atoms with Crippen LogP contribution in [0.2, 0.25) is 0 Å². The van der Waals surface area contributed by atoms with E-state index in [0.29, 0.717) is 41.9 Å². The Bertz CT molecular complexity index is 999. The summed E-state index contributed by atoms with van der Waals surface area (Å²) in [4.78, 5) is 13.8. The number of benzene rings is 2. The van der Waals surface area contributed by atoms with Crippen molar-refractivity contribution >= 4 is 17.0 Å². The smallest absolute Gasteiger partial charge is 0.229 e. The second kappa shape index (κ2) is 7.33. The highest BCUT2D eigenvalue weighted by atomic mass is 16.3. The molecule has 0 aliphatic carbocycles. The van der Waals surface area contributed by atoms with Crippen LogP contribution in [0.4, 0.5) is 5.82 Å². The quantitative estimate of drug-likeness (QED) is 0.518. The number of anilines is 1. The number of aromatic nitrogens is 3. The minimum absolute atomic E-state index is 0.530. The maximum Gasteiger partial charge on any atom is 0.229 e. The van der Waals surface area contributed by atoms with Crippen LogP contribution in [0, 0.1) is 0 Å². The Morgan fingerprint density at radius 2 is 1.54 bits per heavy atom. The zero-order valence-corrected chi connectivity index (χ0v) is 14.2. The molecule has 0 aliphatic heterocycles. The van der Waals surface area contributed by atoms with Gasteiger partial charge in [0.1, 0.15) is 0 Å². The lowest BCUT2D eigenvalue weighted by Gasteiger charge is -2.07. The lowest BCUT2D eigenvalue weighted by molar-refractivity contribution is 0.619. The fourth-order valence-corrected chi connectivity index (χ4v) is 2.67. The molecule has 4 rings (SSSR count). The molecule has 0 unspecified atom stereocenters. The molecule has 0 radical (unpaired) electrons. The summed E-state index contributed by atoms with van der Waals surface area (Å²) in [5, 5.41) is 3.30. The van der Waals surface area contributed by atoms with Crippen molar-refractivity contribution in [2.45, 2.75) is 6.42 Å². The lowest BCUT2D eigenvalue weighted by Crippen LogP contribution is -2.10. The standard InChI is InChI=1S/C20H19N5O/c21-12-7-13-22-18-16-19(24-17(23-18)14-8-3-1-4-9-14)25-20(26-16)15-10-5-2-6-11-15/h1-6,8-11H,7,12-13,21H2,(H,22,23,24). The van der Waals surface area contributed by atoms with E-state index in [9.17, 15) is 0 Å². The SMILES string of the molecule is NCCCNc1nc(-c2ccccc2)nc2nc(-c3ccccc3)oc12. The summed E-state index contributed by atoms with van der Waals surface area (Å²) in [5.74, 6) is 1.78. The first-order valence-corrected chi connectivity index (χ1v) is 8.58. The molecule has 4 aromatic rings. The maximum atomic E-state index is 5.98. The summed E-state index contributed by atoms with van der Waals surface area (Å²) in [6.45, 7) is 1.32. The molecule has 26 heavy (non-hydrogen) atoms. The van der Waals surface area contributed by atoms with Crippen LogP contribution in [0.3, 0.4) is 0 Å². The van der Waals surface area contributed by atoms with Crippen LogP contribution in [0.1, 0.15) is 6.42 Å².